The summed E-state index contributed by atoms with van der Waals surface area (Å²) in [6.07, 6.45) is 0. The molecule has 2 aromatic rings. The van der Waals surface area contributed by atoms with Crippen LogP contribution in [-0.2, 0) is 4.79 Å². The predicted octanol–water partition coefficient (Wildman–Crippen LogP) is 3.87. The minimum absolute atomic E-state index is 0.248. The average molecular weight is 417 g/mol. The third kappa shape index (κ3) is 7.46. The fourth-order valence-electron chi connectivity index (χ4n) is 2.33. The molecule has 1 unspecified atom stereocenters. The van der Waals surface area contributed by atoms with E-state index in [9.17, 15) is 14.4 Å². The minimum Gasteiger partial charge on any atom is -0.374 e. The first-order valence-corrected chi connectivity index (χ1v) is 9.64. The molecule has 1 atom stereocenters. The van der Waals surface area contributed by atoms with Crippen LogP contribution in [-0.4, -0.2) is 30.4 Å². The Kier molecular flexibility index (Phi) is 8.03. The number of urea groups is 1. The van der Waals surface area contributed by atoms with Crippen LogP contribution in [0.2, 0.25) is 5.02 Å². The van der Waals surface area contributed by atoms with Crippen LogP contribution in [0.3, 0.4) is 0 Å². The van der Waals surface area contributed by atoms with Crippen molar-refractivity contribution in [2.24, 2.45) is 5.92 Å². The molecule has 0 radical (unpaired) electrons. The molecule has 0 bridgehead atoms. The summed E-state index contributed by atoms with van der Waals surface area (Å²) >= 11 is 5.82. The molecule has 154 valence electrons. The van der Waals surface area contributed by atoms with Crippen LogP contribution in [0, 0.1) is 5.92 Å². The Labute approximate surface area is 175 Å². The van der Waals surface area contributed by atoms with E-state index in [0.717, 1.165) is 0 Å². The number of amides is 4. The Morgan fingerprint density at radius 1 is 0.897 bits per heavy atom. The molecule has 0 aliphatic heterocycles. The van der Waals surface area contributed by atoms with Crippen LogP contribution < -0.4 is 21.3 Å². The minimum atomic E-state index is -0.616. The maximum absolute atomic E-state index is 12.2. The summed E-state index contributed by atoms with van der Waals surface area (Å²) in [5.41, 5.74) is 1.79. The van der Waals surface area contributed by atoms with Crippen LogP contribution in [0.1, 0.15) is 31.1 Å². The molecular weight excluding hydrogens is 392 g/mol. The summed E-state index contributed by atoms with van der Waals surface area (Å²) in [6, 6.07) is 12.4. The summed E-state index contributed by atoms with van der Waals surface area (Å²) in [5.74, 6) is -0.390. The van der Waals surface area contributed by atoms with Gasteiger partial charge in [0.05, 0.1) is 0 Å². The Balaban J connectivity index is 1.86. The third-order valence-corrected chi connectivity index (χ3v) is 4.19. The van der Waals surface area contributed by atoms with Crippen LogP contribution in [0.25, 0.3) is 0 Å². The highest BCUT2D eigenvalue weighted by atomic mass is 35.5. The van der Waals surface area contributed by atoms with Crippen molar-refractivity contribution in [1.29, 1.82) is 0 Å². The van der Waals surface area contributed by atoms with E-state index in [-0.39, 0.29) is 5.91 Å². The van der Waals surface area contributed by atoms with E-state index < -0.39 is 18.0 Å². The highest BCUT2D eigenvalue weighted by Crippen LogP contribution is 2.16. The Hall–Kier alpha value is -3.06. The second-order valence-corrected chi connectivity index (χ2v) is 7.43. The van der Waals surface area contributed by atoms with E-state index >= 15 is 0 Å². The largest absolute Gasteiger partial charge is 0.374 e. The lowest BCUT2D eigenvalue weighted by Gasteiger charge is -2.16. The zero-order valence-electron chi connectivity index (χ0n) is 16.6. The highest BCUT2D eigenvalue weighted by molar-refractivity contribution is 6.30. The van der Waals surface area contributed by atoms with Gasteiger partial charge in [0.25, 0.3) is 5.91 Å². The van der Waals surface area contributed by atoms with E-state index in [0.29, 0.717) is 34.4 Å². The van der Waals surface area contributed by atoms with Gasteiger partial charge in [-0.25, -0.2) is 4.79 Å². The van der Waals surface area contributed by atoms with Crippen LogP contribution >= 0.6 is 11.6 Å². The molecule has 7 nitrogen and oxygen atoms in total. The predicted molar refractivity (Wildman–Crippen MR) is 115 cm³/mol. The molecule has 0 saturated carbocycles. The van der Waals surface area contributed by atoms with Gasteiger partial charge in [-0.15, -0.1) is 0 Å². The summed E-state index contributed by atoms with van der Waals surface area (Å²) in [7, 11) is 0. The molecule has 0 fully saturated rings. The van der Waals surface area contributed by atoms with Crippen molar-refractivity contribution in [3.63, 3.8) is 0 Å². The molecule has 0 aliphatic carbocycles. The number of imide groups is 1. The normalized spacial score (nSPS) is 11.5. The number of hydrogen-bond donors (Lipinski definition) is 4. The van der Waals surface area contributed by atoms with Crippen molar-refractivity contribution in [1.82, 2.24) is 10.6 Å². The number of hydrogen-bond acceptors (Lipinski definition) is 4. The zero-order valence-corrected chi connectivity index (χ0v) is 17.3. The van der Waals surface area contributed by atoms with Gasteiger partial charge in [-0.05, 0) is 61.4 Å². The molecule has 2 aromatic carbocycles. The maximum atomic E-state index is 12.2. The fourth-order valence-corrected chi connectivity index (χ4v) is 2.46. The summed E-state index contributed by atoms with van der Waals surface area (Å²) in [5, 5.41) is 11.3. The second-order valence-electron chi connectivity index (χ2n) is 7.00. The number of benzene rings is 2. The standard InChI is InChI=1S/C21H25ClN4O3/c1-13(2)12-23-21(29)26-19(27)14(3)24-17-8-10-18(11-9-17)25-20(28)15-4-6-16(22)7-5-15/h4-11,13-14,24H,12H2,1-3H3,(H,25,28)(H2,23,26,27,29). The first kappa shape index (κ1) is 22.2. The van der Waals surface area contributed by atoms with Crippen molar-refractivity contribution in [2.45, 2.75) is 26.8 Å². The van der Waals surface area contributed by atoms with Gasteiger partial charge in [-0.3, -0.25) is 14.9 Å². The van der Waals surface area contributed by atoms with Crippen molar-refractivity contribution in [2.75, 3.05) is 17.2 Å². The Bertz CT molecular complexity index is 851. The van der Waals surface area contributed by atoms with E-state index in [4.69, 9.17) is 11.6 Å². The maximum Gasteiger partial charge on any atom is 0.321 e. The molecule has 0 spiro atoms. The summed E-state index contributed by atoms with van der Waals surface area (Å²) in [4.78, 5) is 36.0. The van der Waals surface area contributed by atoms with Crippen LogP contribution in [0.4, 0.5) is 16.2 Å². The lowest BCUT2D eigenvalue weighted by atomic mass is 10.2. The van der Waals surface area contributed by atoms with Gasteiger partial charge in [0.15, 0.2) is 0 Å². The SMILES string of the molecule is CC(C)CNC(=O)NC(=O)C(C)Nc1ccc(NC(=O)c2ccc(Cl)cc2)cc1. The van der Waals surface area contributed by atoms with Gasteiger partial charge in [0.1, 0.15) is 6.04 Å². The van der Waals surface area contributed by atoms with Crippen molar-refractivity contribution < 1.29 is 14.4 Å². The lowest BCUT2D eigenvalue weighted by Crippen LogP contribution is -2.46. The highest BCUT2D eigenvalue weighted by Gasteiger charge is 2.15. The molecule has 2 rings (SSSR count). The Morgan fingerprint density at radius 3 is 2.07 bits per heavy atom. The molecule has 4 N–H and O–H groups in total. The van der Waals surface area contributed by atoms with Gasteiger partial charge in [-0.2, -0.15) is 0 Å². The van der Waals surface area contributed by atoms with Gasteiger partial charge in [0.2, 0.25) is 5.91 Å². The molecule has 0 saturated heterocycles. The first-order valence-electron chi connectivity index (χ1n) is 9.27. The second kappa shape index (κ2) is 10.5. The van der Waals surface area contributed by atoms with Gasteiger partial charge in [0, 0.05) is 28.5 Å². The summed E-state index contributed by atoms with van der Waals surface area (Å²) in [6.45, 7) is 6.08. The van der Waals surface area contributed by atoms with Gasteiger partial charge in [-0.1, -0.05) is 25.4 Å². The molecule has 0 aromatic heterocycles. The molecular formula is C21H25ClN4O3. The number of carbonyl (C=O) groups excluding carboxylic acids is 3. The van der Waals surface area contributed by atoms with Crippen molar-refractivity contribution in [3.8, 4) is 0 Å². The van der Waals surface area contributed by atoms with E-state index in [1.54, 1.807) is 55.5 Å². The monoisotopic (exact) mass is 416 g/mol. The smallest absolute Gasteiger partial charge is 0.321 e. The van der Waals surface area contributed by atoms with E-state index in [2.05, 4.69) is 21.3 Å². The Morgan fingerprint density at radius 2 is 1.48 bits per heavy atom. The van der Waals surface area contributed by atoms with Crippen molar-refractivity contribution in [3.05, 3.63) is 59.1 Å². The molecule has 4 amide bonds. The molecule has 8 heteroatoms. The van der Waals surface area contributed by atoms with E-state index in [1.165, 1.54) is 0 Å². The van der Waals surface area contributed by atoms with Gasteiger partial charge >= 0.3 is 6.03 Å². The quantitative estimate of drug-likeness (QED) is 0.550. The molecule has 0 aliphatic rings. The third-order valence-electron chi connectivity index (χ3n) is 3.93. The zero-order chi connectivity index (χ0) is 21.4. The number of nitrogens with one attached hydrogen (secondary N) is 4. The number of rotatable bonds is 7. The van der Waals surface area contributed by atoms with E-state index in [1.807, 2.05) is 13.8 Å². The number of anilines is 2. The first-order chi connectivity index (χ1) is 13.7. The van der Waals surface area contributed by atoms with Crippen molar-refractivity contribution >= 4 is 40.8 Å². The molecule has 29 heavy (non-hydrogen) atoms. The topological polar surface area (TPSA) is 99.3 Å². The fraction of sp³-hybridized carbons (Fsp3) is 0.286. The number of carbonyl (C=O) groups is 3. The average Bonchev–Trinajstić information content (AvgIpc) is 2.68. The summed E-state index contributed by atoms with van der Waals surface area (Å²) < 4.78 is 0. The lowest BCUT2D eigenvalue weighted by molar-refractivity contribution is -0.120. The van der Waals surface area contributed by atoms with Gasteiger partial charge < -0.3 is 16.0 Å². The van der Waals surface area contributed by atoms with Crippen LogP contribution in [0.15, 0.2) is 48.5 Å². The number of halogens is 1. The van der Waals surface area contributed by atoms with Crippen LogP contribution in [0.5, 0.6) is 0 Å². The molecule has 0 heterocycles.